The van der Waals surface area contributed by atoms with Gasteiger partial charge in [0.1, 0.15) is 20.9 Å². The molecule has 1 atom stereocenters. The van der Waals surface area contributed by atoms with Crippen molar-refractivity contribution >= 4 is 44.3 Å². The number of hydrogen-bond donors (Lipinski definition) is 1. The van der Waals surface area contributed by atoms with Crippen LogP contribution in [-0.2, 0) is 10.0 Å². The first-order valence-corrected chi connectivity index (χ1v) is 11.6. The lowest BCUT2D eigenvalue weighted by molar-refractivity contribution is 0.102. The summed E-state index contributed by atoms with van der Waals surface area (Å²) in [5.41, 5.74) is -0.184. The Morgan fingerprint density at radius 3 is 2.79 bits per heavy atom. The summed E-state index contributed by atoms with van der Waals surface area (Å²) in [5.74, 6) is -2.37. The van der Waals surface area contributed by atoms with Crippen LogP contribution in [0, 0.1) is 11.6 Å². The molecule has 1 aromatic carbocycles. The number of thiophene rings is 1. The molecule has 1 fully saturated rings. The van der Waals surface area contributed by atoms with Crippen molar-refractivity contribution in [3.05, 3.63) is 57.4 Å². The van der Waals surface area contributed by atoms with Crippen molar-refractivity contribution in [2.45, 2.75) is 23.1 Å². The minimum Gasteiger partial charge on any atom is -0.317 e. The number of nitrogens with one attached hydrogen (secondary N) is 1. The third-order valence-corrected chi connectivity index (χ3v) is 8.67. The molecule has 0 saturated carbocycles. The van der Waals surface area contributed by atoms with Crippen LogP contribution in [0.5, 0.6) is 0 Å². The van der Waals surface area contributed by atoms with Gasteiger partial charge in [0.25, 0.3) is 15.9 Å². The summed E-state index contributed by atoms with van der Waals surface area (Å²) < 4.78 is 54.1. The monoisotopic (exact) mass is 456 g/mol. The molecule has 0 radical (unpaired) electrons. The molecule has 1 N–H and O–H groups in total. The maximum atomic E-state index is 13.7. The molecule has 3 heterocycles. The van der Waals surface area contributed by atoms with Gasteiger partial charge in [0.2, 0.25) is 5.01 Å². The van der Waals surface area contributed by atoms with E-state index in [1.54, 1.807) is 17.5 Å². The first-order valence-electron chi connectivity index (χ1n) is 8.51. The van der Waals surface area contributed by atoms with E-state index in [9.17, 15) is 22.0 Å². The molecular weight excluding hydrogens is 442 g/mol. The molecule has 1 aliphatic heterocycles. The van der Waals surface area contributed by atoms with Crippen LogP contribution < -0.4 is 5.32 Å². The van der Waals surface area contributed by atoms with Crippen molar-refractivity contribution < 1.29 is 22.0 Å². The maximum absolute atomic E-state index is 13.7. The van der Waals surface area contributed by atoms with Crippen molar-refractivity contribution in [1.82, 2.24) is 14.5 Å². The number of amides is 1. The number of nitrogens with zero attached hydrogens (tertiary/aromatic N) is 3. The van der Waals surface area contributed by atoms with E-state index in [0.29, 0.717) is 30.5 Å². The highest BCUT2D eigenvalue weighted by atomic mass is 32.2. The highest BCUT2D eigenvalue weighted by molar-refractivity contribution is 7.91. The predicted molar refractivity (Wildman–Crippen MR) is 104 cm³/mol. The SMILES string of the molecule is O=C(Nc1ccc(F)cc1F)c1nnc(C2CCCN2S(=O)(=O)c2cccs2)s1. The van der Waals surface area contributed by atoms with Gasteiger partial charge in [0.05, 0.1) is 11.7 Å². The van der Waals surface area contributed by atoms with Gasteiger partial charge < -0.3 is 5.32 Å². The number of sulfonamides is 1. The molecular formula is C17H14F2N4O3S3. The summed E-state index contributed by atoms with van der Waals surface area (Å²) in [6, 6.07) is 5.50. The zero-order chi connectivity index (χ0) is 20.6. The number of rotatable bonds is 5. The van der Waals surface area contributed by atoms with Gasteiger partial charge in [0.15, 0.2) is 0 Å². The Morgan fingerprint density at radius 2 is 2.07 bits per heavy atom. The van der Waals surface area contributed by atoms with Gasteiger partial charge in [-0.3, -0.25) is 4.79 Å². The highest BCUT2D eigenvalue weighted by Crippen LogP contribution is 2.38. The Kier molecular flexibility index (Phi) is 5.42. The second-order valence-electron chi connectivity index (χ2n) is 6.23. The largest absolute Gasteiger partial charge is 0.317 e. The van der Waals surface area contributed by atoms with Crippen LogP contribution in [0.25, 0.3) is 0 Å². The lowest BCUT2D eigenvalue weighted by Crippen LogP contribution is -2.30. The van der Waals surface area contributed by atoms with Crippen molar-refractivity contribution in [3.63, 3.8) is 0 Å². The van der Waals surface area contributed by atoms with Crippen LogP contribution in [0.3, 0.4) is 0 Å². The van der Waals surface area contributed by atoms with Crippen molar-refractivity contribution in [3.8, 4) is 0 Å². The van der Waals surface area contributed by atoms with Gasteiger partial charge in [0, 0.05) is 12.6 Å². The molecule has 1 saturated heterocycles. The maximum Gasteiger partial charge on any atom is 0.286 e. The minimum atomic E-state index is -3.66. The average molecular weight is 457 g/mol. The molecule has 0 bridgehead atoms. The molecule has 1 amide bonds. The molecule has 0 spiro atoms. The normalized spacial score (nSPS) is 17.5. The van der Waals surface area contributed by atoms with E-state index in [-0.39, 0.29) is 14.9 Å². The van der Waals surface area contributed by atoms with E-state index in [2.05, 4.69) is 15.5 Å². The molecule has 29 heavy (non-hydrogen) atoms. The molecule has 7 nitrogen and oxygen atoms in total. The quantitative estimate of drug-likeness (QED) is 0.633. The van der Waals surface area contributed by atoms with E-state index >= 15 is 0 Å². The molecule has 0 aliphatic carbocycles. The lowest BCUT2D eigenvalue weighted by Gasteiger charge is -2.21. The van der Waals surface area contributed by atoms with E-state index in [0.717, 1.165) is 34.8 Å². The first kappa shape index (κ1) is 20.0. The van der Waals surface area contributed by atoms with Crippen LogP contribution in [-0.4, -0.2) is 35.4 Å². The number of carbonyl (C=O) groups excluding carboxylic acids is 1. The summed E-state index contributed by atoms with van der Waals surface area (Å²) in [4.78, 5) is 12.4. The summed E-state index contributed by atoms with van der Waals surface area (Å²) in [6.07, 6.45) is 1.23. The van der Waals surface area contributed by atoms with Crippen LogP contribution in [0.4, 0.5) is 14.5 Å². The molecule has 1 aliphatic rings. The van der Waals surface area contributed by atoms with Gasteiger partial charge >= 0.3 is 0 Å². The first-order chi connectivity index (χ1) is 13.9. The molecule has 3 aromatic rings. The third kappa shape index (κ3) is 3.92. The van der Waals surface area contributed by atoms with Gasteiger partial charge in [-0.05, 0) is 36.4 Å². The van der Waals surface area contributed by atoms with Gasteiger partial charge in [-0.1, -0.05) is 17.4 Å². The van der Waals surface area contributed by atoms with Gasteiger partial charge in [-0.2, -0.15) is 4.31 Å². The summed E-state index contributed by atoms with van der Waals surface area (Å²) >= 11 is 2.09. The Hall–Kier alpha value is -2.28. The Labute approximate surface area is 173 Å². The third-order valence-electron chi connectivity index (χ3n) is 4.36. The van der Waals surface area contributed by atoms with Crippen LogP contribution in [0.15, 0.2) is 39.9 Å². The average Bonchev–Trinajstić information content (AvgIpc) is 3.44. The van der Waals surface area contributed by atoms with Gasteiger partial charge in [-0.25, -0.2) is 17.2 Å². The summed E-state index contributed by atoms with van der Waals surface area (Å²) in [6.45, 7) is 0.354. The van der Waals surface area contributed by atoms with Gasteiger partial charge in [-0.15, -0.1) is 21.5 Å². The second kappa shape index (κ2) is 7.86. The summed E-state index contributed by atoms with van der Waals surface area (Å²) in [5, 5.41) is 12.2. The van der Waals surface area contributed by atoms with Crippen LogP contribution in [0.2, 0.25) is 0 Å². The van der Waals surface area contributed by atoms with Crippen molar-refractivity contribution in [1.29, 1.82) is 0 Å². The zero-order valence-electron chi connectivity index (χ0n) is 14.7. The number of carbonyl (C=O) groups is 1. The molecule has 4 rings (SSSR count). The fraction of sp³-hybridized carbons (Fsp3) is 0.235. The van der Waals surface area contributed by atoms with Crippen molar-refractivity contribution in [2.75, 3.05) is 11.9 Å². The van der Waals surface area contributed by atoms with Crippen molar-refractivity contribution in [2.24, 2.45) is 0 Å². The number of anilines is 1. The molecule has 2 aromatic heterocycles. The summed E-state index contributed by atoms with van der Waals surface area (Å²) in [7, 11) is -3.66. The zero-order valence-corrected chi connectivity index (χ0v) is 17.2. The topological polar surface area (TPSA) is 92.3 Å². The highest BCUT2D eigenvalue weighted by Gasteiger charge is 2.39. The number of aromatic nitrogens is 2. The lowest BCUT2D eigenvalue weighted by atomic mass is 10.2. The van der Waals surface area contributed by atoms with E-state index in [4.69, 9.17) is 0 Å². The fourth-order valence-electron chi connectivity index (χ4n) is 3.03. The Balaban J connectivity index is 1.54. The number of hydrogen-bond acceptors (Lipinski definition) is 7. The van der Waals surface area contributed by atoms with E-state index < -0.39 is 33.6 Å². The predicted octanol–water partition coefficient (Wildman–Crippen LogP) is 3.66. The number of benzene rings is 1. The second-order valence-corrected chi connectivity index (χ2v) is 10.3. The fourth-order valence-corrected chi connectivity index (χ4v) is 6.76. The Morgan fingerprint density at radius 1 is 1.24 bits per heavy atom. The van der Waals surface area contributed by atoms with E-state index in [1.165, 1.54) is 4.31 Å². The van der Waals surface area contributed by atoms with Crippen LogP contribution >= 0.6 is 22.7 Å². The Bertz CT molecular complexity index is 1150. The molecule has 1 unspecified atom stereocenters. The smallest absolute Gasteiger partial charge is 0.286 e. The number of halogens is 2. The minimum absolute atomic E-state index is 0.0379. The van der Waals surface area contributed by atoms with Crippen LogP contribution in [0.1, 0.15) is 33.7 Å². The standard InChI is InChI=1S/C17H14F2N4O3S3/c18-10-5-6-12(11(19)9-10)20-15(24)17-22-21-16(28-17)13-3-1-7-23(13)29(25,26)14-4-2-8-27-14/h2,4-6,8-9,13H,1,3,7H2,(H,20,24). The molecule has 152 valence electrons. The molecule has 12 heteroatoms. The van der Waals surface area contributed by atoms with E-state index in [1.807, 2.05) is 0 Å².